The molecule has 2 N–H and O–H groups in total. The Morgan fingerprint density at radius 2 is 2.03 bits per heavy atom. The molecule has 1 aromatic carbocycles. The van der Waals surface area contributed by atoms with Crippen molar-refractivity contribution in [2.45, 2.75) is 51.4 Å². The van der Waals surface area contributed by atoms with Gasteiger partial charge in [0.05, 0.1) is 11.6 Å². The quantitative estimate of drug-likeness (QED) is 0.793. The van der Waals surface area contributed by atoms with Crippen LogP contribution in [0.5, 0.6) is 0 Å². The van der Waals surface area contributed by atoms with Crippen LogP contribution in [0.15, 0.2) is 29.4 Å². The Bertz CT molecular complexity index is 998. The average Bonchev–Trinajstić information content (AvgIpc) is 3.25. The number of nitrogens with one attached hydrogen (secondary N) is 1. The number of carbonyl (C=O) groups excluding carboxylic acids is 1. The van der Waals surface area contributed by atoms with Gasteiger partial charge in [0.1, 0.15) is 5.69 Å². The highest BCUT2D eigenvalue weighted by molar-refractivity contribution is 5.99. The molecule has 1 saturated carbocycles. The Balaban J connectivity index is 1.70. The van der Waals surface area contributed by atoms with Crippen molar-refractivity contribution in [3.63, 3.8) is 0 Å². The molecule has 2 aromatic rings. The van der Waals surface area contributed by atoms with Crippen molar-refractivity contribution in [2.75, 3.05) is 0 Å². The number of halogens is 3. The summed E-state index contributed by atoms with van der Waals surface area (Å²) in [4.78, 5) is 12.9. The number of amides is 1. The maximum absolute atomic E-state index is 13.9. The Kier molecular flexibility index (Phi) is 4.53. The Morgan fingerprint density at radius 1 is 1.28 bits per heavy atom. The minimum absolute atomic E-state index is 0.134. The zero-order valence-electron chi connectivity index (χ0n) is 16.0. The molecule has 0 radical (unpaired) electrons. The molecule has 0 bridgehead atoms. The number of nitrogens with zero attached hydrogens (tertiary/aromatic N) is 3. The standard InChI is InChI=1S/C20H21F3N4O2/c1-11-7-8-13(12(2)9-11)16-10-17(25-24-16)18(28)27-19(29,20(21,22)23)14-5-3-4-6-15(14)26-27/h7-10,14,29H,3-6H2,1-2H3,(H,24,25)/t14-,19-/m1/s1. The van der Waals surface area contributed by atoms with E-state index in [0.29, 0.717) is 25.0 Å². The minimum Gasteiger partial charge on any atom is -0.362 e. The summed E-state index contributed by atoms with van der Waals surface area (Å²) in [5.74, 6) is -2.29. The molecule has 154 valence electrons. The zero-order chi connectivity index (χ0) is 21.0. The maximum atomic E-state index is 13.9. The largest absolute Gasteiger partial charge is 0.439 e. The van der Waals surface area contributed by atoms with Gasteiger partial charge in [0, 0.05) is 11.3 Å². The summed E-state index contributed by atoms with van der Waals surface area (Å²) in [6.07, 6.45) is -3.33. The summed E-state index contributed by atoms with van der Waals surface area (Å²) in [6, 6.07) is 7.06. The van der Waals surface area contributed by atoms with E-state index in [9.17, 15) is 23.1 Å². The maximum Gasteiger partial charge on any atom is 0.439 e. The summed E-state index contributed by atoms with van der Waals surface area (Å²) < 4.78 is 41.6. The molecule has 2 aliphatic rings. The lowest BCUT2D eigenvalue weighted by molar-refractivity contribution is -0.312. The van der Waals surface area contributed by atoms with E-state index in [2.05, 4.69) is 15.3 Å². The van der Waals surface area contributed by atoms with E-state index in [1.165, 1.54) is 6.07 Å². The van der Waals surface area contributed by atoms with Crippen LogP contribution in [0.2, 0.25) is 0 Å². The summed E-state index contributed by atoms with van der Waals surface area (Å²) in [5, 5.41) is 21.3. The third kappa shape index (κ3) is 3.04. The zero-order valence-corrected chi connectivity index (χ0v) is 16.0. The molecule has 9 heteroatoms. The van der Waals surface area contributed by atoms with Crippen molar-refractivity contribution in [3.8, 4) is 11.3 Å². The first-order chi connectivity index (χ1) is 13.6. The molecule has 0 saturated heterocycles. The lowest BCUT2D eigenvalue weighted by Crippen LogP contribution is -2.61. The predicted molar refractivity (Wildman–Crippen MR) is 100 cm³/mol. The lowest BCUT2D eigenvalue weighted by atomic mass is 9.80. The fourth-order valence-corrected chi connectivity index (χ4v) is 4.20. The highest BCUT2D eigenvalue weighted by atomic mass is 19.4. The Labute approximate surface area is 165 Å². The molecule has 1 aliphatic heterocycles. The number of aliphatic hydroxyl groups is 1. The molecule has 0 unspecified atom stereocenters. The van der Waals surface area contributed by atoms with Gasteiger partial charge in [-0.05, 0) is 44.7 Å². The molecule has 1 aromatic heterocycles. The summed E-state index contributed by atoms with van der Waals surface area (Å²) in [5.41, 5.74) is -0.1000. The third-order valence-corrected chi connectivity index (χ3v) is 5.69. The van der Waals surface area contributed by atoms with Gasteiger partial charge in [-0.15, -0.1) is 0 Å². The highest BCUT2D eigenvalue weighted by Crippen LogP contribution is 2.48. The van der Waals surface area contributed by atoms with Gasteiger partial charge in [0.15, 0.2) is 0 Å². The minimum atomic E-state index is -5.04. The van der Waals surface area contributed by atoms with Gasteiger partial charge in [0.2, 0.25) is 0 Å². The Hall–Kier alpha value is -2.68. The predicted octanol–water partition coefficient (Wildman–Crippen LogP) is 3.95. The third-order valence-electron chi connectivity index (χ3n) is 5.69. The van der Waals surface area contributed by atoms with E-state index in [0.717, 1.165) is 16.7 Å². The van der Waals surface area contributed by atoms with Crippen molar-refractivity contribution in [2.24, 2.45) is 11.0 Å². The number of fused-ring (bicyclic) bond motifs is 1. The van der Waals surface area contributed by atoms with Gasteiger partial charge in [-0.3, -0.25) is 9.89 Å². The van der Waals surface area contributed by atoms with Gasteiger partial charge in [-0.25, -0.2) is 0 Å². The Morgan fingerprint density at radius 3 is 2.72 bits per heavy atom. The summed E-state index contributed by atoms with van der Waals surface area (Å²) in [7, 11) is 0. The van der Waals surface area contributed by atoms with E-state index < -0.39 is 23.7 Å². The molecule has 4 rings (SSSR count). The molecule has 29 heavy (non-hydrogen) atoms. The van der Waals surface area contributed by atoms with Crippen molar-refractivity contribution in [3.05, 3.63) is 41.1 Å². The van der Waals surface area contributed by atoms with Crippen molar-refractivity contribution < 1.29 is 23.1 Å². The lowest BCUT2D eigenvalue weighted by Gasteiger charge is -2.37. The number of alkyl halides is 3. The number of H-pyrrole nitrogens is 1. The van der Waals surface area contributed by atoms with E-state index in [4.69, 9.17) is 0 Å². The second kappa shape index (κ2) is 6.69. The molecular formula is C20H21F3N4O2. The first kappa shape index (κ1) is 19.6. The van der Waals surface area contributed by atoms with Gasteiger partial charge in [-0.1, -0.05) is 30.2 Å². The van der Waals surface area contributed by atoms with Crippen LogP contribution in [0, 0.1) is 19.8 Å². The number of rotatable bonds is 2. The van der Waals surface area contributed by atoms with Gasteiger partial charge in [0.25, 0.3) is 11.6 Å². The van der Waals surface area contributed by atoms with Crippen LogP contribution in [-0.2, 0) is 0 Å². The van der Waals surface area contributed by atoms with Crippen LogP contribution in [0.3, 0.4) is 0 Å². The summed E-state index contributed by atoms with van der Waals surface area (Å²) >= 11 is 0. The van der Waals surface area contributed by atoms with Gasteiger partial charge < -0.3 is 5.11 Å². The van der Waals surface area contributed by atoms with E-state index in [-0.39, 0.29) is 22.8 Å². The van der Waals surface area contributed by atoms with Crippen molar-refractivity contribution in [1.29, 1.82) is 0 Å². The van der Waals surface area contributed by atoms with Crippen LogP contribution in [0.1, 0.15) is 47.3 Å². The van der Waals surface area contributed by atoms with Crippen LogP contribution >= 0.6 is 0 Å². The monoisotopic (exact) mass is 406 g/mol. The molecule has 2 atom stereocenters. The van der Waals surface area contributed by atoms with E-state index in [1.807, 2.05) is 32.0 Å². The molecule has 1 aliphatic carbocycles. The average molecular weight is 406 g/mol. The molecule has 0 spiro atoms. The van der Waals surface area contributed by atoms with Gasteiger partial charge in [-0.2, -0.15) is 28.4 Å². The topological polar surface area (TPSA) is 81.6 Å². The fourth-order valence-electron chi connectivity index (χ4n) is 4.20. The molecular weight excluding hydrogens is 385 g/mol. The number of benzene rings is 1. The van der Waals surface area contributed by atoms with E-state index >= 15 is 0 Å². The fraction of sp³-hybridized carbons (Fsp3) is 0.450. The van der Waals surface area contributed by atoms with Crippen LogP contribution in [-0.4, -0.2) is 43.8 Å². The smallest absolute Gasteiger partial charge is 0.362 e. The van der Waals surface area contributed by atoms with Crippen LogP contribution in [0.25, 0.3) is 11.3 Å². The van der Waals surface area contributed by atoms with Crippen LogP contribution < -0.4 is 0 Å². The summed E-state index contributed by atoms with van der Waals surface area (Å²) in [6.45, 7) is 3.83. The molecule has 2 heterocycles. The number of hydrogen-bond donors (Lipinski definition) is 2. The number of hydrazone groups is 1. The number of aromatic amines is 1. The SMILES string of the molecule is Cc1ccc(-c2cc(C(=O)N3N=C4CCCC[C@H]4[C@@]3(O)C(F)(F)F)[nH]n2)c(C)c1. The van der Waals surface area contributed by atoms with Crippen molar-refractivity contribution >= 4 is 11.6 Å². The number of aromatic nitrogens is 2. The van der Waals surface area contributed by atoms with Crippen molar-refractivity contribution in [1.82, 2.24) is 15.2 Å². The van der Waals surface area contributed by atoms with E-state index in [1.54, 1.807) is 0 Å². The highest BCUT2D eigenvalue weighted by Gasteiger charge is 2.68. The first-order valence-electron chi connectivity index (χ1n) is 9.47. The number of hydrogen-bond acceptors (Lipinski definition) is 4. The second-order valence-corrected chi connectivity index (χ2v) is 7.72. The van der Waals surface area contributed by atoms with Gasteiger partial charge >= 0.3 is 6.18 Å². The molecule has 1 amide bonds. The first-order valence-corrected chi connectivity index (χ1v) is 9.47. The molecule has 1 fully saturated rings. The normalized spacial score (nSPS) is 24.4. The number of aryl methyl sites for hydroxylation is 2. The van der Waals surface area contributed by atoms with Crippen LogP contribution in [0.4, 0.5) is 13.2 Å². The second-order valence-electron chi connectivity index (χ2n) is 7.72. The number of carbonyl (C=O) groups is 1. The molecule has 6 nitrogen and oxygen atoms in total.